The molecule has 1 unspecified atom stereocenters. The van der Waals surface area contributed by atoms with Crippen LogP contribution < -0.4 is 0 Å². The number of ether oxygens (including phenoxy) is 1. The van der Waals surface area contributed by atoms with Gasteiger partial charge in [-0.05, 0) is 35.0 Å². The molecule has 0 bridgehead atoms. The Morgan fingerprint density at radius 2 is 2.40 bits per heavy atom. The molecule has 15 heavy (non-hydrogen) atoms. The van der Waals surface area contributed by atoms with E-state index in [0.717, 1.165) is 4.47 Å². The summed E-state index contributed by atoms with van der Waals surface area (Å²) in [4.78, 5) is 15.1. The van der Waals surface area contributed by atoms with Crippen molar-refractivity contribution in [3.63, 3.8) is 0 Å². The lowest BCUT2D eigenvalue weighted by Gasteiger charge is -2.08. The zero-order chi connectivity index (χ0) is 11.3. The molecule has 0 spiro atoms. The van der Waals surface area contributed by atoms with Crippen LogP contribution in [0.4, 0.5) is 0 Å². The van der Waals surface area contributed by atoms with Gasteiger partial charge < -0.3 is 9.84 Å². The molecular weight excluding hydrogens is 262 g/mol. The summed E-state index contributed by atoms with van der Waals surface area (Å²) in [7, 11) is 0. The normalized spacial score (nSPS) is 12.2. The third-order valence-corrected chi connectivity index (χ3v) is 2.23. The molecule has 0 aliphatic rings. The predicted octanol–water partition coefficient (Wildman–Crippen LogP) is 1.83. The van der Waals surface area contributed by atoms with Gasteiger partial charge in [-0.15, -0.1) is 0 Å². The first-order valence-electron chi connectivity index (χ1n) is 4.58. The van der Waals surface area contributed by atoms with Gasteiger partial charge in [0.1, 0.15) is 6.10 Å². The highest BCUT2D eigenvalue weighted by atomic mass is 79.9. The predicted molar refractivity (Wildman–Crippen MR) is 58.1 cm³/mol. The lowest BCUT2D eigenvalue weighted by Crippen LogP contribution is -2.10. The molecule has 0 saturated carbocycles. The molecule has 1 aromatic rings. The van der Waals surface area contributed by atoms with Crippen LogP contribution in [0.25, 0.3) is 0 Å². The van der Waals surface area contributed by atoms with Gasteiger partial charge in [0.15, 0.2) is 0 Å². The summed E-state index contributed by atoms with van der Waals surface area (Å²) in [6, 6.07) is 3.42. The molecule has 1 rings (SSSR count). The number of halogens is 1. The van der Waals surface area contributed by atoms with Crippen molar-refractivity contribution in [3.8, 4) is 0 Å². The van der Waals surface area contributed by atoms with E-state index in [1.54, 1.807) is 25.3 Å². The summed E-state index contributed by atoms with van der Waals surface area (Å²) >= 11 is 3.23. The SMILES string of the molecule is CCOC(=O)CC(O)c1ccc(Br)cn1. The average molecular weight is 274 g/mol. The van der Waals surface area contributed by atoms with E-state index in [0.29, 0.717) is 12.3 Å². The number of aliphatic hydroxyl groups is 1. The molecule has 1 atom stereocenters. The summed E-state index contributed by atoms with van der Waals surface area (Å²) in [6.45, 7) is 2.04. The maximum atomic E-state index is 11.1. The molecule has 0 amide bonds. The fourth-order valence-corrected chi connectivity index (χ4v) is 1.30. The van der Waals surface area contributed by atoms with Crippen molar-refractivity contribution in [3.05, 3.63) is 28.5 Å². The zero-order valence-electron chi connectivity index (χ0n) is 8.31. The Kier molecular flexibility index (Phi) is 4.71. The van der Waals surface area contributed by atoms with E-state index in [2.05, 4.69) is 20.9 Å². The van der Waals surface area contributed by atoms with Crippen molar-refractivity contribution in [2.75, 3.05) is 6.61 Å². The molecule has 4 nitrogen and oxygen atoms in total. The highest BCUT2D eigenvalue weighted by molar-refractivity contribution is 9.10. The van der Waals surface area contributed by atoms with Crippen molar-refractivity contribution in [2.45, 2.75) is 19.4 Å². The van der Waals surface area contributed by atoms with E-state index in [-0.39, 0.29) is 6.42 Å². The number of aromatic nitrogens is 1. The molecule has 82 valence electrons. The fourth-order valence-electron chi connectivity index (χ4n) is 1.07. The van der Waals surface area contributed by atoms with Gasteiger partial charge in [0.05, 0.1) is 18.7 Å². The van der Waals surface area contributed by atoms with Crippen LogP contribution in [0.2, 0.25) is 0 Å². The van der Waals surface area contributed by atoms with E-state index in [4.69, 9.17) is 4.74 Å². The maximum absolute atomic E-state index is 11.1. The molecule has 0 aromatic carbocycles. The van der Waals surface area contributed by atoms with Crippen LogP contribution in [0.1, 0.15) is 25.1 Å². The van der Waals surface area contributed by atoms with Crippen LogP contribution in [0.15, 0.2) is 22.8 Å². The van der Waals surface area contributed by atoms with E-state index in [1.807, 2.05) is 0 Å². The monoisotopic (exact) mass is 273 g/mol. The third kappa shape index (κ3) is 3.97. The second kappa shape index (κ2) is 5.82. The molecule has 5 heteroatoms. The summed E-state index contributed by atoms with van der Waals surface area (Å²) < 4.78 is 5.55. The van der Waals surface area contributed by atoms with Crippen molar-refractivity contribution < 1.29 is 14.6 Å². The summed E-state index contributed by atoms with van der Waals surface area (Å²) in [5.74, 6) is -0.422. The van der Waals surface area contributed by atoms with Gasteiger partial charge in [-0.2, -0.15) is 0 Å². The van der Waals surface area contributed by atoms with Crippen LogP contribution in [0.3, 0.4) is 0 Å². The minimum absolute atomic E-state index is 0.0670. The van der Waals surface area contributed by atoms with Gasteiger partial charge in [-0.25, -0.2) is 0 Å². The number of carbonyl (C=O) groups excluding carboxylic acids is 1. The summed E-state index contributed by atoms with van der Waals surface area (Å²) in [5.41, 5.74) is 0.464. The molecule has 1 N–H and O–H groups in total. The second-order valence-corrected chi connectivity index (χ2v) is 3.84. The maximum Gasteiger partial charge on any atom is 0.308 e. The van der Waals surface area contributed by atoms with E-state index >= 15 is 0 Å². The minimum atomic E-state index is -0.905. The van der Waals surface area contributed by atoms with Gasteiger partial charge in [-0.3, -0.25) is 9.78 Å². The van der Waals surface area contributed by atoms with Gasteiger partial charge in [0, 0.05) is 10.7 Å². The first-order chi connectivity index (χ1) is 7.13. The van der Waals surface area contributed by atoms with Gasteiger partial charge in [0.25, 0.3) is 0 Å². The van der Waals surface area contributed by atoms with Crippen molar-refractivity contribution in [1.82, 2.24) is 4.98 Å². The number of rotatable bonds is 4. The second-order valence-electron chi connectivity index (χ2n) is 2.93. The smallest absolute Gasteiger partial charge is 0.308 e. The molecule has 1 heterocycles. The molecular formula is C10H12BrNO3. The Morgan fingerprint density at radius 1 is 1.67 bits per heavy atom. The fraction of sp³-hybridized carbons (Fsp3) is 0.400. The lowest BCUT2D eigenvalue weighted by molar-refractivity contribution is -0.145. The molecule has 0 saturated heterocycles. The van der Waals surface area contributed by atoms with Gasteiger partial charge >= 0.3 is 5.97 Å². The van der Waals surface area contributed by atoms with Crippen molar-refractivity contribution in [2.24, 2.45) is 0 Å². The summed E-state index contributed by atoms with van der Waals surface area (Å²) in [5, 5.41) is 9.63. The Labute approximate surface area is 96.4 Å². The Balaban J connectivity index is 2.57. The molecule has 0 aliphatic carbocycles. The van der Waals surface area contributed by atoms with Gasteiger partial charge in [-0.1, -0.05) is 0 Å². The molecule has 0 fully saturated rings. The molecule has 0 radical (unpaired) electrons. The van der Waals surface area contributed by atoms with Crippen molar-refractivity contribution in [1.29, 1.82) is 0 Å². The van der Waals surface area contributed by atoms with Crippen LogP contribution in [-0.2, 0) is 9.53 Å². The first-order valence-corrected chi connectivity index (χ1v) is 5.38. The average Bonchev–Trinajstić information content (AvgIpc) is 2.18. The zero-order valence-corrected chi connectivity index (χ0v) is 9.90. The van der Waals surface area contributed by atoms with Gasteiger partial charge in [0.2, 0.25) is 0 Å². The number of pyridine rings is 1. The number of esters is 1. The topological polar surface area (TPSA) is 59.4 Å². The van der Waals surface area contributed by atoms with Crippen LogP contribution in [0.5, 0.6) is 0 Å². The molecule has 0 aliphatic heterocycles. The highest BCUT2D eigenvalue weighted by Gasteiger charge is 2.14. The number of hydrogen-bond acceptors (Lipinski definition) is 4. The number of nitrogens with zero attached hydrogens (tertiary/aromatic N) is 1. The van der Waals surface area contributed by atoms with Crippen LogP contribution >= 0.6 is 15.9 Å². The summed E-state index contributed by atoms with van der Waals surface area (Å²) in [6.07, 6.45) is 0.601. The van der Waals surface area contributed by atoms with Crippen molar-refractivity contribution >= 4 is 21.9 Å². The van der Waals surface area contributed by atoms with E-state index in [1.165, 1.54) is 0 Å². The Morgan fingerprint density at radius 3 is 2.93 bits per heavy atom. The minimum Gasteiger partial charge on any atom is -0.466 e. The molecule has 1 aromatic heterocycles. The number of carbonyl (C=O) groups is 1. The van der Waals surface area contributed by atoms with Crippen LogP contribution in [0, 0.1) is 0 Å². The largest absolute Gasteiger partial charge is 0.466 e. The van der Waals surface area contributed by atoms with E-state index in [9.17, 15) is 9.90 Å². The lowest BCUT2D eigenvalue weighted by atomic mass is 10.2. The third-order valence-electron chi connectivity index (χ3n) is 1.76. The Hall–Kier alpha value is -0.940. The van der Waals surface area contributed by atoms with Crippen LogP contribution in [-0.4, -0.2) is 22.7 Å². The highest BCUT2D eigenvalue weighted by Crippen LogP contribution is 2.16. The van der Waals surface area contributed by atoms with E-state index < -0.39 is 12.1 Å². The Bertz CT molecular complexity index is 326. The quantitative estimate of drug-likeness (QED) is 0.851. The standard InChI is InChI=1S/C10H12BrNO3/c1-2-15-10(14)5-9(13)8-4-3-7(11)6-12-8/h3-4,6,9,13H,2,5H2,1H3. The number of hydrogen-bond donors (Lipinski definition) is 1. The number of aliphatic hydroxyl groups excluding tert-OH is 1. The first kappa shape index (κ1) is 12.1.